The number of hydrogen-bond acceptors (Lipinski definition) is 5. The zero-order valence-electron chi connectivity index (χ0n) is 19.2. The van der Waals surface area contributed by atoms with Crippen LogP contribution in [0.1, 0.15) is 17.2 Å². The van der Waals surface area contributed by atoms with Gasteiger partial charge in [-0.05, 0) is 29.7 Å². The second-order valence-electron chi connectivity index (χ2n) is 8.63. The maximum atomic E-state index is 14.3. The molecule has 1 saturated heterocycles. The fraction of sp³-hybridized carbons (Fsp3) is 0.222. The SMILES string of the molecule is Cc1ccc(-c2ccc([C@H]3CN(c4nc(-c5ccncc5F)cc(=O)n4C)CCN3)cc2)cc1. The van der Waals surface area contributed by atoms with E-state index in [4.69, 9.17) is 0 Å². The highest BCUT2D eigenvalue weighted by atomic mass is 19.1. The van der Waals surface area contributed by atoms with Gasteiger partial charge in [0.2, 0.25) is 5.95 Å². The Balaban J connectivity index is 1.41. The minimum absolute atomic E-state index is 0.0824. The molecule has 3 heterocycles. The molecule has 5 rings (SSSR count). The van der Waals surface area contributed by atoms with Crippen molar-refractivity contribution in [3.05, 3.63) is 100 Å². The topological polar surface area (TPSA) is 63.1 Å². The van der Waals surface area contributed by atoms with Gasteiger partial charge >= 0.3 is 0 Å². The molecule has 4 aromatic rings. The van der Waals surface area contributed by atoms with Gasteiger partial charge in [-0.3, -0.25) is 14.3 Å². The monoisotopic (exact) mass is 455 g/mol. The van der Waals surface area contributed by atoms with Crippen LogP contribution in [-0.2, 0) is 7.05 Å². The van der Waals surface area contributed by atoms with Crippen LogP contribution in [0.2, 0.25) is 0 Å². The van der Waals surface area contributed by atoms with Gasteiger partial charge in [0.25, 0.3) is 5.56 Å². The Morgan fingerprint density at radius 3 is 2.44 bits per heavy atom. The van der Waals surface area contributed by atoms with Crippen molar-refractivity contribution < 1.29 is 4.39 Å². The minimum Gasteiger partial charge on any atom is -0.339 e. The van der Waals surface area contributed by atoms with Gasteiger partial charge in [-0.25, -0.2) is 9.37 Å². The van der Waals surface area contributed by atoms with E-state index in [1.165, 1.54) is 45.2 Å². The van der Waals surface area contributed by atoms with Crippen LogP contribution >= 0.6 is 0 Å². The van der Waals surface area contributed by atoms with E-state index in [0.717, 1.165) is 12.7 Å². The standard InChI is InChI=1S/C27H26FN5O/c1-18-3-5-19(6-4-18)20-7-9-21(10-8-20)25-17-33(14-13-30-25)27-31-24(15-26(34)32(27)2)22-11-12-29-16-23(22)28/h3-12,15-16,25,30H,13-14,17H2,1-2H3/t25-/m1/s1. The van der Waals surface area contributed by atoms with Crippen LogP contribution in [0.4, 0.5) is 10.3 Å². The van der Waals surface area contributed by atoms with E-state index in [2.05, 4.69) is 75.6 Å². The number of nitrogens with one attached hydrogen (secondary N) is 1. The first-order chi connectivity index (χ1) is 16.5. The lowest BCUT2D eigenvalue weighted by Crippen LogP contribution is -2.47. The fourth-order valence-corrected chi connectivity index (χ4v) is 4.34. The zero-order valence-corrected chi connectivity index (χ0v) is 19.2. The van der Waals surface area contributed by atoms with Crippen LogP contribution in [0.25, 0.3) is 22.4 Å². The third kappa shape index (κ3) is 4.34. The maximum Gasteiger partial charge on any atom is 0.255 e. The molecule has 2 aromatic heterocycles. The summed E-state index contributed by atoms with van der Waals surface area (Å²) >= 11 is 0. The average molecular weight is 456 g/mol. The van der Waals surface area contributed by atoms with Crippen molar-refractivity contribution in [2.45, 2.75) is 13.0 Å². The van der Waals surface area contributed by atoms with Crippen molar-refractivity contribution in [1.29, 1.82) is 0 Å². The Hall–Kier alpha value is -3.84. The number of halogens is 1. The van der Waals surface area contributed by atoms with E-state index in [1.54, 1.807) is 7.05 Å². The van der Waals surface area contributed by atoms with E-state index >= 15 is 0 Å². The number of anilines is 1. The summed E-state index contributed by atoms with van der Waals surface area (Å²) < 4.78 is 15.8. The molecule has 0 spiro atoms. The molecule has 1 aliphatic rings. The number of hydrogen-bond donors (Lipinski definition) is 1. The Morgan fingerprint density at radius 2 is 1.74 bits per heavy atom. The Morgan fingerprint density at radius 1 is 1.03 bits per heavy atom. The summed E-state index contributed by atoms with van der Waals surface area (Å²) in [5.74, 6) is 0.0301. The highest BCUT2D eigenvalue weighted by Crippen LogP contribution is 2.26. The fourth-order valence-electron chi connectivity index (χ4n) is 4.34. The molecule has 7 heteroatoms. The lowest BCUT2D eigenvalue weighted by atomic mass is 9.99. The summed E-state index contributed by atoms with van der Waals surface area (Å²) in [4.78, 5) is 23.2. The van der Waals surface area contributed by atoms with Crippen LogP contribution in [-0.4, -0.2) is 34.2 Å². The van der Waals surface area contributed by atoms with E-state index in [0.29, 0.717) is 24.7 Å². The summed E-state index contributed by atoms with van der Waals surface area (Å²) in [6.07, 6.45) is 2.63. The average Bonchev–Trinajstić information content (AvgIpc) is 2.87. The van der Waals surface area contributed by atoms with Crippen molar-refractivity contribution >= 4 is 5.95 Å². The van der Waals surface area contributed by atoms with E-state index < -0.39 is 5.82 Å². The van der Waals surface area contributed by atoms with Gasteiger partial charge in [-0.15, -0.1) is 0 Å². The third-order valence-corrected chi connectivity index (χ3v) is 6.32. The summed E-state index contributed by atoms with van der Waals surface area (Å²) in [5, 5.41) is 3.57. The largest absolute Gasteiger partial charge is 0.339 e. The second kappa shape index (κ2) is 9.19. The number of rotatable bonds is 4. The lowest BCUT2D eigenvalue weighted by molar-refractivity contribution is 0.462. The van der Waals surface area contributed by atoms with Gasteiger partial charge in [0.1, 0.15) is 0 Å². The van der Waals surface area contributed by atoms with Crippen LogP contribution in [0.3, 0.4) is 0 Å². The predicted molar refractivity (Wildman–Crippen MR) is 132 cm³/mol. The normalized spacial score (nSPS) is 16.0. The quantitative estimate of drug-likeness (QED) is 0.502. The van der Waals surface area contributed by atoms with Gasteiger partial charge in [0.05, 0.1) is 11.9 Å². The zero-order chi connectivity index (χ0) is 23.7. The first kappa shape index (κ1) is 22.0. The molecule has 0 aliphatic carbocycles. The maximum absolute atomic E-state index is 14.3. The smallest absolute Gasteiger partial charge is 0.255 e. The molecule has 1 N–H and O–H groups in total. The molecule has 0 bridgehead atoms. The summed E-state index contributed by atoms with van der Waals surface area (Å²) in [7, 11) is 1.70. The van der Waals surface area contributed by atoms with E-state index in [-0.39, 0.29) is 17.2 Å². The molecule has 34 heavy (non-hydrogen) atoms. The molecule has 2 aromatic carbocycles. The summed E-state index contributed by atoms with van der Waals surface area (Å²) in [6, 6.07) is 20.1. The Kier molecular flexibility index (Phi) is 5.94. The molecule has 1 aliphatic heterocycles. The Labute approximate surface area is 197 Å². The van der Waals surface area contributed by atoms with Crippen LogP contribution < -0.4 is 15.8 Å². The summed E-state index contributed by atoms with van der Waals surface area (Å²) in [6.45, 7) is 4.17. The van der Waals surface area contributed by atoms with Gasteiger partial charge in [0, 0.05) is 50.6 Å². The van der Waals surface area contributed by atoms with Crippen molar-refractivity contribution in [2.24, 2.45) is 7.05 Å². The molecule has 0 unspecified atom stereocenters. The molecule has 0 amide bonds. The highest BCUT2D eigenvalue weighted by molar-refractivity contribution is 5.64. The molecule has 6 nitrogen and oxygen atoms in total. The number of benzene rings is 2. The van der Waals surface area contributed by atoms with Gasteiger partial charge < -0.3 is 10.2 Å². The number of aryl methyl sites for hydroxylation is 1. The molecule has 172 valence electrons. The van der Waals surface area contributed by atoms with Gasteiger partial charge in [0.15, 0.2) is 5.82 Å². The molecule has 1 fully saturated rings. The second-order valence-corrected chi connectivity index (χ2v) is 8.63. The molecular weight excluding hydrogens is 429 g/mol. The number of pyridine rings is 1. The molecular formula is C27H26FN5O. The summed E-state index contributed by atoms with van der Waals surface area (Å²) in [5.41, 5.74) is 5.13. The predicted octanol–water partition coefficient (Wildman–Crippen LogP) is 4.11. The van der Waals surface area contributed by atoms with Crippen molar-refractivity contribution in [2.75, 3.05) is 24.5 Å². The van der Waals surface area contributed by atoms with Crippen molar-refractivity contribution in [3.63, 3.8) is 0 Å². The van der Waals surface area contributed by atoms with Crippen molar-refractivity contribution in [3.8, 4) is 22.4 Å². The first-order valence-electron chi connectivity index (χ1n) is 11.3. The molecule has 1 atom stereocenters. The van der Waals surface area contributed by atoms with E-state index in [1.807, 2.05) is 0 Å². The van der Waals surface area contributed by atoms with Crippen LogP contribution in [0, 0.1) is 12.7 Å². The number of piperazine rings is 1. The van der Waals surface area contributed by atoms with Crippen molar-refractivity contribution in [1.82, 2.24) is 19.9 Å². The Bertz CT molecular complexity index is 1370. The van der Waals surface area contributed by atoms with Crippen LogP contribution in [0.15, 0.2) is 77.9 Å². The highest BCUT2D eigenvalue weighted by Gasteiger charge is 2.24. The molecule has 0 saturated carbocycles. The number of nitrogens with zero attached hydrogens (tertiary/aromatic N) is 4. The third-order valence-electron chi connectivity index (χ3n) is 6.32. The van der Waals surface area contributed by atoms with Gasteiger partial charge in [-0.1, -0.05) is 54.1 Å². The lowest BCUT2D eigenvalue weighted by Gasteiger charge is -2.35. The van der Waals surface area contributed by atoms with E-state index in [9.17, 15) is 9.18 Å². The van der Waals surface area contributed by atoms with Gasteiger partial charge in [-0.2, -0.15) is 0 Å². The first-order valence-corrected chi connectivity index (χ1v) is 11.3. The molecule has 0 radical (unpaired) electrons. The van der Waals surface area contributed by atoms with Crippen LogP contribution in [0.5, 0.6) is 0 Å². The minimum atomic E-state index is -0.499. The number of aromatic nitrogens is 3.